The van der Waals surface area contributed by atoms with Crippen molar-refractivity contribution in [2.24, 2.45) is 0 Å². The van der Waals surface area contributed by atoms with Gasteiger partial charge in [-0.2, -0.15) is 0 Å². The maximum atomic E-state index is 12.0. The Morgan fingerprint density at radius 2 is 1.95 bits per heavy atom. The zero-order valence-corrected chi connectivity index (χ0v) is 13.7. The molecule has 0 aliphatic carbocycles. The summed E-state index contributed by atoms with van der Waals surface area (Å²) in [5, 5.41) is 2.72. The predicted molar refractivity (Wildman–Crippen MR) is 82.8 cm³/mol. The average molecular weight is 330 g/mol. The highest BCUT2D eigenvalue weighted by Crippen LogP contribution is 2.36. The lowest BCUT2D eigenvalue weighted by Crippen LogP contribution is -2.30. The summed E-state index contributed by atoms with van der Waals surface area (Å²) in [5.41, 5.74) is 0.279. The van der Waals surface area contributed by atoms with Gasteiger partial charge < -0.3 is 19.5 Å². The number of carbonyl (C=O) groups excluding carboxylic acids is 2. The molecule has 1 rings (SSSR count). The largest absolute Gasteiger partial charge is 0.490 e. The van der Waals surface area contributed by atoms with Crippen LogP contribution in [0.4, 0.5) is 0 Å². The SMILES string of the molecule is CCCOc1c(Cl)cc(C(=O)NCC(=O)OC)cc1OCC. The fourth-order valence-corrected chi connectivity index (χ4v) is 1.90. The number of hydrogen-bond acceptors (Lipinski definition) is 5. The van der Waals surface area contributed by atoms with Crippen LogP contribution in [0.5, 0.6) is 11.5 Å². The second kappa shape index (κ2) is 9.15. The van der Waals surface area contributed by atoms with Gasteiger partial charge in [-0.15, -0.1) is 0 Å². The van der Waals surface area contributed by atoms with E-state index in [4.69, 9.17) is 21.1 Å². The molecule has 0 spiro atoms. The summed E-state index contributed by atoms with van der Waals surface area (Å²) < 4.78 is 15.5. The molecule has 0 aliphatic heterocycles. The highest BCUT2D eigenvalue weighted by molar-refractivity contribution is 6.32. The van der Waals surface area contributed by atoms with Crippen LogP contribution in [0.1, 0.15) is 30.6 Å². The lowest BCUT2D eigenvalue weighted by atomic mass is 10.2. The number of ether oxygens (including phenoxy) is 3. The zero-order chi connectivity index (χ0) is 16.5. The minimum atomic E-state index is -0.535. The number of benzene rings is 1. The highest BCUT2D eigenvalue weighted by atomic mass is 35.5. The molecule has 0 fully saturated rings. The van der Waals surface area contributed by atoms with Crippen molar-refractivity contribution in [1.82, 2.24) is 5.32 Å². The third-order valence-electron chi connectivity index (χ3n) is 2.64. The molecule has 0 bridgehead atoms. The van der Waals surface area contributed by atoms with E-state index in [-0.39, 0.29) is 17.1 Å². The summed E-state index contributed by atoms with van der Waals surface area (Å²) in [6, 6.07) is 3.01. The Morgan fingerprint density at radius 1 is 1.23 bits per heavy atom. The molecule has 0 saturated heterocycles. The number of halogens is 1. The van der Waals surface area contributed by atoms with Crippen molar-refractivity contribution in [3.8, 4) is 11.5 Å². The van der Waals surface area contributed by atoms with Gasteiger partial charge in [0.15, 0.2) is 11.5 Å². The molecule has 7 heteroatoms. The molecule has 0 heterocycles. The fraction of sp³-hybridized carbons (Fsp3) is 0.467. The van der Waals surface area contributed by atoms with Gasteiger partial charge >= 0.3 is 5.97 Å². The van der Waals surface area contributed by atoms with Gasteiger partial charge in [0.25, 0.3) is 5.91 Å². The fourth-order valence-electron chi connectivity index (χ4n) is 1.63. The normalized spacial score (nSPS) is 10.0. The molecule has 0 aliphatic rings. The van der Waals surface area contributed by atoms with E-state index in [9.17, 15) is 9.59 Å². The van der Waals surface area contributed by atoms with Gasteiger partial charge in [-0.05, 0) is 25.5 Å². The summed E-state index contributed by atoms with van der Waals surface area (Å²) in [6.45, 7) is 4.48. The first-order valence-corrected chi connectivity index (χ1v) is 7.35. The monoisotopic (exact) mass is 329 g/mol. The van der Waals surface area contributed by atoms with Crippen molar-refractivity contribution in [1.29, 1.82) is 0 Å². The topological polar surface area (TPSA) is 73.9 Å². The van der Waals surface area contributed by atoms with Crippen molar-refractivity contribution in [3.05, 3.63) is 22.7 Å². The summed E-state index contributed by atoms with van der Waals surface area (Å²) in [5.74, 6) is -0.177. The van der Waals surface area contributed by atoms with Crippen molar-refractivity contribution in [2.75, 3.05) is 26.9 Å². The van der Waals surface area contributed by atoms with E-state index in [1.54, 1.807) is 0 Å². The van der Waals surface area contributed by atoms with Crippen LogP contribution >= 0.6 is 11.6 Å². The van der Waals surface area contributed by atoms with Crippen LogP contribution in [0.15, 0.2) is 12.1 Å². The summed E-state index contributed by atoms with van der Waals surface area (Å²) in [7, 11) is 1.25. The number of carbonyl (C=O) groups is 2. The van der Waals surface area contributed by atoms with Gasteiger partial charge in [-0.1, -0.05) is 18.5 Å². The molecule has 1 aromatic carbocycles. The number of methoxy groups -OCH3 is 1. The molecule has 0 unspecified atom stereocenters. The minimum Gasteiger partial charge on any atom is -0.490 e. The Balaban J connectivity index is 2.96. The van der Waals surface area contributed by atoms with Crippen molar-refractivity contribution >= 4 is 23.5 Å². The minimum absolute atomic E-state index is 0.217. The molecule has 0 atom stereocenters. The van der Waals surface area contributed by atoms with Gasteiger partial charge in [0.1, 0.15) is 6.54 Å². The molecule has 0 radical (unpaired) electrons. The summed E-state index contributed by atoms with van der Waals surface area (Å²) >= 11 is 6.16. The molecule has 122 valence electrons. The van der Waals surface area contributed by atoms with E-state index < -0.39 is 11.9 Å². The van der Waals surface area contributed by atoms with Crippen LogP contribution in [0, 0.1) is 0 Å². The zero-order valence-electron chi connectivity index (χ0n) is 12.9. The van der Waals surface area contributed by atoms with E-state index in [0.717, 1.165) is 6.42 Å². The summed E-state index contributed by atoms with van der Waals surface area (Å²) in [6.07, 6.45) is 0.823. The Kier molecular flexibility index (Phi) is 7.52. The Hall–Kier alpha value is -1.95. The van der Waals surface area contributed by atoms with Crippen LogP contribution in [0.25, 0.3) is 0 Å². The number of esters is 1. The van der Waals surface area contributed by atoms with E-state index in [1.165, 1.54) is 19.2 Å². The van der Waals surface area contributed by atoms with E-state index in [2.05, 4.69) is 10.1 Å². The molecule has 0 aromatic heterocycles. The van der Waals surface area contributed by atoms with Crippen LogP contribution in [0.2, 0.25) is 5.02 Å². The Bertz CT molecular complexity index is 533. The molecular formula is C15H20ClNO5. The maximum Gasteiger partial charge on any atom is 0.325 e. The molecule has 1 amide bonds. The molecule has 0 saturated carbocycles. The first kappa shape index (κ1) is 18.1. The molecule has 6 nitrogen and oxygen atoms in total. The number of rotatable bonds is 8. The van der Waals surface area contributed by atoms with Crippen LogP contribution < -0.4 is 14.8 Å². The second-order valence-corrected chi connectivity index (χ2v) is 4.73. The Labute approximate surface area is 134 Å². The molecule has 1 aromatic rings. The Morgan fingerprint density at radius 3 is 2.55 bits per heavy atom. The number of nitrogens with one attached hydrogen (secondary N) is 1. The lowest BCUT2D eigenvalue weighted by Gasteiger charge is -2.14. The standard InChI is InChI=1S/C15H20ClNO5/c1-4-6-22-14-11(16)7-10(8-12(14)21-5-2)15(19)17-9-13(18)20-3/h7-8H,4-6,9H2,1-3H3,(H,17,19). The van der Waals surface area contributed by atoms with Crippen LogP contribution in [-0.2, 0) is 9.53 Å². The molecular weight excluding hydrogens is 310 g/mol. The van der Waals surface area contributed by atoms with Gasteiger partial charge in [-0.25, -0.2) is 0 Å². The number of hydrogen-bond donors (Lipinski definition) is 1. The smallest absolute Gasteiger partial charge is 0.325 e. The average Bonchev–Trinajstić information content (AvgIpc) is 2.51. The first-order valence-electron chi connectivity index (χ1n) is 6.97. The van der Waals surface area contributed by atoms with Gasteiger partial charge in [0.05, 0.1) is 25.3 Å². The van der Waals surface area contributed by atoms with E-state index in [1.807, 2.05) is 13.8 Å². The van der Waals surface area contributed by atoms with E-state index >= 15 is 0 Å². The van der Waals surface area contributed by atoms with Gasteiger partial charge in [0.2, 0.25) is 0 Å². The third kappa shape index (κ3) is 5.11. The quantitative estimate of drug-likeness (QED) is 0.741. The predicted octanol–water partition coefficient (Wildman–Crippen LogP) is 2.43. The third-order valence-corrected chi connectivity index (χ3v) is 2.92. The highest BCUT2D eigenvalue weighted by Gasteiger charge is 2.16. The second-order valence-electron chi connectivity index (χ2n) is 4.33. The van der Waals surface area contributed by atoms with Crippen molar-refractivity contribution in [3.63, 3.8) is 0 Å². The van der Waals surface area contributed by atoms with Gasteiger partial charge in [-0.3, -0.25) is 9.59 Å². The summed E-state index contributed by atoms with van der Waals surface area (Å²) in [4.78, 5) is 23.1. The molecule has 22 heavy (non-hydrogen) atoms. The lowest BCUT2D eigenvalue weighted by molar-refractivity contribution is -0.139. The van der Waals surface area contributed by atoms with Crippen molar-refractivity contribution in [2.45, 2.75) is 20.3 Å². The number of amides is 1. The van der Waals surface area contributed by atoms with Crippen LogP contribution in [-0.4, -0.2) is 38.7 Å². The molecule has 1 N–H and O–H groups in total. The van der Waals surface area contributed by atoms with Crippen LogP contribution in [0.3, 0.4) is 0 Å². The van der Waals surface area contributed by atoms with Gasteiger partial charge in [0, 0.05) is 5.56 Å². The first-order chi connectivity index (χ1) is 10.5. The van der Waals surface area contributed by atoms with Crippen molar-refractivity contribution < 1.29 is 23.8 Å². The van der Waals surface area contributed by atoms with E-state index in [0.29, 0.717) is 24.7 Å². The maximum absolute atomic E-state index is 12.0.